The number of rotatable bonds is 10. The highest BCUT2D eigenvalue weighted by atomic mass is 32.1. The summed E-state index contributed by atoms with van der Waals surface area (Å²) in [6.45, 7) is 4.69. The molecule has 1 aromatic heterocycles. The van der Waals surface area contributed by atoms with Gasteiger partial charge in [0.25, 0.3) is 11.8 Å². The predicted molar refractivity (Wildman–Crippen MR) is 138 cm³/mol. The molecule has 0 bridgehead atoms. The first-order valence-electron chi connectivity index (χ1n) is 11.7. The van der Waals surface area contributed by atoms with E-state index >= 15 is 0 Å². The summed E-state index contributed by atoms with van der Waals surface area (Å²) < 4.78 is 15.9. The minimum Gasteiger partial charge on any atom is -0.493 e. The summed E-state index contributed by atoms with van der Waals surface area (Å²) in [7, 11) is 3.07. The lowest BCUT2D eigenvalue weighted by Crippen LogP contribution is -2.43. The van der Waals surface area contributed by atoms with Crippen LogP contribution in [0, 0.1) is 0 Å². The van der Waals surface area contributed by atoms with E-state index in [1.165, 1.54) is 18.4 Å². The number of carbonyl (C=O) groups is 2. The molecule has 0 spiro atoms. The second-order valence-corrected chi connectivity index (χ2v) is 9.05. The average molecular weight is 511 g/mol. The molecule has 3 aromatic rings. The lowest BCUT2D eigenvalue weighted by molar-refractivity contribution is 0.0391. The third kappa shape index (κ3) is 6.39. The molecule has 10 heteroatoms. The van der Waals surface area contributed by atoms with Gasteiger partial charge in [0.1, 0.15) is 0 Å². The molecule has 2 aromatic carbocycles. The first kappa shape index (κ1) is 25.6. The molecule has 1 saturated heterocycles. The van der Waals surface area contributed by atoms with Crippen molar-refractivity contribution in [1.29, 1.82) is 0 Å². The number of nitrogens with one attached hydrogen (secondary N) is 1. The Hall–Kier alpha value is -3.47. The maximum atomic E-state index is 13.5. The van der Waals surface area contributed by atoms with E-state index in [1.54, 1.807) is 42.5 Å². The molecule has 9 nitrogen and oxygen atoms in total. The zero-order chi connectivity index (χ0) is 25.3. The normalized spacial score (nSPS) is 13.7. The number of carbonyl (C=O) groups excluding carboxylic acids is 2. The minimum atomic E-state index is -0.248. The molecule has 36 heavy (non-hydrogen) atoms. The average Bonchev–Trinajstić information content (AvgIpc) is 3.46. The number of benzene rings is 2. The molecule has 2 amide bonds. The van der Waals surface area contributed by atoms with Crippen molar-refractivity contribution in [2.45, 2.75) is 6.54 Å². The van der Waals surface area contributed by atoms with Gasteiger partial charge in [-0.05, 0) is 35.9 Å². The molecule has 1 fully saturated rings. The van der Waals surface area contributed by atoms with Gasteiger partial charge in [0.15, 0.2) is 16.6 Å². The lowest BCUT2D eigenvalue weighted by Gasteiger charge is -2.29. The van der Waals surface area contributed by atoms with Gasteiger partial charge in [-0.1, -0.05) is 12.1 Å². The molecule has 1 aliphatic rings. The fraction of sp³-hybridized carbons (Fsp3) is 0.346. The Morgan fingerprint density at radius 2 is 1.89 bits per heavy atom. The first-order chi connectivity index (χ1) is 17.6. The van der Waals surface area contributed by atoms with Crippen molar-refractivity contribution < 1.29 is 23.8 Å². The molecule has 1 N–H and O–H groups in total. The molecule has 0 atom stereocenters. The predicted octanol–water partition coefficient (Wildman–Crippen LogP) is 3.07. The highest BCUT2D eigenvalue weighted by Crippen LogP contribution is 2.27. The highest BCUT2D eigenvalue weighted by molar-refractivity contribution is 7.13. The number of hydrogen-bond donors (Lipinski definition) is 1. The number of nitrogens with zero attached hydrogens (tertiary/aromatic N) is 3. The van der Waals surface area contributed by atoms with E-state index in [4.69, 9.17) is 14.2 Å². The smallest absolute Gasteiger partial charge is 0.260 e. The van der Waals surface area contributed by atoms with Crippen LogP contribution in [-0.2, 0) is 11.3 Å². The Morgan fingerprint density at radius 3 is 2.61 bits per heavy atom. The summed E-state index contributed by atoms with van der Waals surface area (Å²) in [5.41, 5.74) is 1.82. The SMILES string of the molecule is COc1ccc(C(=O)NCc2cccc(C(=O)N(CCN3CCOCC3)c3nccs3)c2)cc1OC. The number of hydrogen-bond acceptors (Lipinski definition) is 8. The number of morpholine rings is 1. The molecule has 2 heterocycles. The van der Waals surface area contributed by atoms with E-state index in [0.29, 0.717) is 47.5 Å². The number of amides is 2. The van der Waals surface area contributed by atoms with Gasteiger partial charge < -0.3 is 19.5 Å². The minimum absolute atomic E-state index is 0.119. The van der Waals surface area contributed by atoms with Crippen LogP contribution in [0.4, 0.5) is 5.13 Å². The number of aromatic nitrogens is 1. The van der Waals surface area contributed by atoms with Crippen LogP contribution in [0.1, 0.15) is 26.3 Å². The van der Waals surface area contributed by atoms with Gasteiger partial charge in [0.2, 0.25) is 0 Å². The Kier molecular flexibility index (Phi) is 8.88. The molecular weight excluding hydrogens is 480 g/mol. The second kappa shape index (κ2) is 12.5. The molecule has 0 unspecified atom stereocenters. The van der Waals surface area contributed by atoms with Crippen LogP contribution in [0.5, 0.6) is 11.5 Å². The summed E-state index contributed by atoms with van der Waals surface area (Å²) in [6, 6.07) is 12.3. The van der Waals surface area contributed by atoms with E-state index in [0.717, 1.165) is 25.2 Å². The van der Waals surface area contributed by atoms with Gasteiger partial charge in [-0.15, -0.1) is 11.3 Å². The monoisotopic (exact) mass is 510 g/mol. The first-order valence-corrected chi connectivity index (χ1v) is 12.6. The van der Waals surface area contributed by atoms with Crippen LogP contribution >= 0.6 is 11.3 Å². The number of thiazole rings is 1. The van der Waals surface area contributed by atoms with E-state index in [2.05, 4.69) is 15.2 Å². The zero-order valence-corrected chi connectivity index (χ0v) is 21.3. The third-order valence-electron chi connectivity index (χ3n) is 5.91. The van der Waals surface area contributed by atoms with Gasteiger partial charge in [0.05, 0.1) is 27.4 Å². The van der Waals surface area contributed by atoms with Crippen molar-refractivity contribution in [2.24, 2.45) is 0 Å². The van der Waals surface area contributed by atoms with Crippen molar-refractivity contribution >= 4 is 28.3 Å². The number of anilines is 1. The Morgan fingerprint density at radius 1 is 1.08 bits per heavy atom. The Balaban J connectivity index is 1.42. The van der Waals surface area contributed by atoms with E-state index in [1.807, 2.05) is 23.6 Å². The molecule has 0 aliphatic carbocycles. The van der Waals surface area contributed by atoms with Gasteiger partial charge in [0, 0.05) is 55.4 Å². The standard InChI is InChI=1S/C26H30N4O5S/c1-33-22-7-6-20(17-23(22)34-2)24(31)28-18-19-4-3-5-21(16-19)25(32)30(26-27-8-15-36-26)10-9-29-11-13-35-14-12-29/h3-8,15-17H,9-14,18H2,1-2H3,(H,28,31). The topological polar surface area (TPSA) is 93.2 Å². The van der Waals surface area contributed by atoms with Gasteiger partial charge >= 0.3 is 0 Å². The van der Waals surface area contributed by atoms with Crippen molar-refractivity contribution in [3.05, 3.63) is 70.7 Å². The highest BCUT2D eigenvalue weighted by Gasteiger charge is 2.22. The molecule has 0 saturated carbocycles. The third-order valence-corrected chi connectivity index (χ3v) is 6.71. The van der Waals surface area contributed by atoms with Crippen molar-refractivity contribution in [2.75, 3.05) is 58.5 Å². The number of methoxy groups -OCH3 is 2. The zero-order valence-electron chi connectivity index (χ0n) is 20.4. The summed E-state index contributed by atoms with van der Waals surface area (Å²) in [4.78, 5) is 34.6. The lowest BCUT2D eigenvalue weighted by atomic mass is 10.1. The van der Waals surface area contributed by atoms with E-state index in [9.17, 15) is 9.59 Å². The maximum absolute atomic E-state index is 13.5. The van der Waals surface area contributed by atoms with E-state index in [-0.39, 0.29) is 18.4 Å². The Labute approximate surface area is 214 Å². The van der Waals surface area contributed by atoms with Crippen LogP contribution in [0.25, 0.3) is 0 Å². The van der Waals surface area contributed by atoms with Crippen LogP contribution in [0.15, 0.2) is 54.0 Å². The van der Waals surface area contributed by atoms with Crippen LogP contribution < -0.4 is 19.7 Å². The summed E-state index contributed by atoms with van der Waals surface area (Å²) in [6.07, 6.45) is 1.70. The fourth-order valence-electron chi connectivity index (χ4n) is 3.93. The molecule has 0 radical (unpaired) electrons. The van der Waals surface area contributed by atoms with Gasteiger partial charge in [-0.25, -0.2) is 4.98 Å². The fourth-order valence-corrected chi connectivity index (χ4v) is 4.60. The second-order valence-electron chi connectivity index (χ2n) is 8.18. The van der Waals surface area contributed by atoms with Crippen LogP contribution in [-0.4, -0.2) is 75.3 Å². The molecule has 4 rings (SSSR count). The van der Waals surface area contributed by atoms with Gasteiger partial charge in [-0.2, -0.15) is 0 Å². The summed E-state index contributed by atoms with van der Waals surface area (Å²) >= 11 is 1.44. The quantitative estimate of drug-likeness (QED) is 0.448. The largest absolute Gasteiger partial charge is 0.493 e. The number of ether oxygens (including phenoxy) is 3. The van der Waals surface area contributed by atoms with Crippen LogP contribution in [0.2, 0.25) is 0 Å². The summed E-state index contributed by atoms with van der Waals surface area (Å²) in [5, 5.41) is 5.44. The van der Waals surface area contributed by atoms with E-state index < -0.39 is 0 Å². The maximum Gasteiger partial charge on any atom is 0.260 e. The Bertz CT molecular complexity index is 1160. The van der Waals surface area contributed by atoms with Crippen molar-refractivity contribution in [3.63, 3.8) is 0 Å². The molecule has 190 valence electrons. The van der Waals surface area contributed by atoms with Gasteiger partial charge in [-0.3, -0.25) is 19.4 Å². The molecule has 1 aliphatic heterocycles. The summed E-state index contributed by atoms with van der Waals surface area (Å²) in [5.74, 6) is 0.671. The van der Waals surface area contributed by atoms with Crippen molar-refractivity contribution in [3.8, 4) is 11.5 Å². The molecular formula is C26H30N4O5S. The van der Waals surface area contributed by atoms with Crippen LogP contribution in [0.3, 0.4) is 0 Å². The van der Waals surface area contributed by atoms with Crippen molar-refractivity contribution in [1.82, 2.24) is 15.2 Å².